The van der Waals surface area contributed by atoms with Gasteiger partial charge in [-0.05, 0) is 11.6 Å². The lowest BCUT2D eigenvalue weighted by Crippen LogP contribution is -2.13. The van der Waals surface area contributed by atoms with Crippen molar-refractivity contribution in [2.24, 2.45) is 10.3 Å². The minimum Gasteiger partial charge on any atom is -0.379 e. The van der Waals surface area contributed by atoms with Crippen molar-refractivity contribution in [1.82, 2.24) is 5.43 Å². The van der Waals surface area contributed by atoms with Gasteiger partial charge in [0.15, 0.2) is 0 Å². The zero-order valence-electron chi connectivity index (χ0n) is 6.64. The third kappa shape index (κ3) is 1.80. The van der Waals surface area contributed by atoms with Gasteiger partial charge >= 0.3 is 0 Å². The Bertz CT molecular complexity index is 209. The highest BCUT2D eigenvalue weighted by atomic mass is 16.5. The van der Waals surface area contributed by atoms with Crippen LogP contribution in [0.5, 0.6) is 0 Å². The van der Waals surface area contributed by atoms with E-state index in [0.29, 0.717) is 13.2 Å². The lowest BCUT2D eigenvalue weighted by molar-refractivity contribution is 0.0561. The molecule has 1 fully saturated rings. The maximum Gasteiger partial charge on any atom is 0.111 e. The van der Waals surface area contributed by atoms with Crippen LogP contribution in [0.1, 0.15) is 6.42 Å². The van der Waals surface area contributed by atoms with E-state index >= 15 is 0 Å². The first kappa shape index (κ1) is 7.70. The van der Waals surface area contributed by atoms with Gasteiger partial charge in [-0.15, -0.1) is 10.5 Å². The van der Waals surface area contributed by atoms with Crippen LogP contribution in [0.25, 0.3) is 0 Å². The molecule has 0 N–H and O–H groups in total. The Morgan fingerprint density at radius 1 is 1.67 bits per heavy atom. The second-order valence-electron chi connectivity index (χ2n) is 2.72. The Hall–Kier alpha value is -0.940. The number of rotatable bonds is 3. The maximum atomic E-state index is 5.48. The maximum absolute atomic E-state index is 5.48. The van der Waals surface area contributed by atoms with E-state index in [-0.39, 0.29) is 6.10 Å². The Balaban J connectivity index is 1.70. The molecule has 0 spiro atoms. The van der Waals surface area contributed by atoms with E-state index in [1.807, 2.05) is 0 Å². The molecule has 5 nitrogen and oxygen atoms in total. The van der Waals surface area contributed by atoms with Crippen LogP contribution in [0.15, 0.2) is 22.2 Å². The average molecular weight is 168 g/mol. The van der Waals surface area contributed by atoms with Crippen LogP contribution < -0.4 is 5.43 Å². The van der Waals surface area contributed by atoms with E-state index in [0.717, 1.165) is 18.7 Å². The van der Waals surface area contributed by atoms with Gasteiger partial charge in [-0.2, -0.15) is 0 Å². The van der Waals surface area contributed by atoms with Crippen molar-refractivity contribution in [3.63, 3.8) is 0 Å². The molecule has 0 saturated carbocycles. The van der Waals surface area contributed by atoms with Gasteiger partial charge in [0.2, 0.25) is 0 Å². The number of ether oxygens (including phenoxy) is 2. The molecule has 2 aliphatic heterocycles. The Morgan fingerprint density at radius 2 is 2.67 bits per heavy atom. The van der Waals surface area contributed by atoms with Crippen LogP contribution in [0.4, 0.5) is 0 Å². The predicted octanol–water partition coefficient (Wildman–Crippen LogP) is 0.618. The van der Waals surface area contributed by atoms with Crippen molar-refractivity contribution in [3.05, 3.63) is 11.9 Å². The van der Waals surface area contributed by atoms with E-state index in [4.69, 9.17) is 9.47 Å². The summed E-state index contributed by atoms with van der Waals surface area (Å²) in [5.74, 6) is 0. The summed E-state index contributed by atoms with van der Waals surface area (Å²) in [5.41, 5.74) is 4.37. The minimum absolute atomic E-state index is 0.224. The lowest BCUT2D eigenvalue weighted by atomic mass is 10.3. The van der Waals surface area contributed by atoms with Crippen LogP contribution in [-0.2, 0) is 9.47 Å². The monoisotopic (exact) mass is 168 g/mol. The van der Waals surface area contributed by atoms with Crippen molar-refractivity contribution in [1.29, 1.82) is 0 Å². The normalized spacial score (nSPS) is 27.3. The van der Waals surface area contributed by atoms with Crippen LogP contribution in [0, 0.1) is 0 Å². The largest absolute Gasteiger partial charge is 0.379 e. The lowest BCUT2D eigenvalue weighted by Gasteiger charge is -2.07. The second kappa shape index (κ2) is 3.64. The summed E-state index contributed by atoms with van der Waals surface area (Å²) >= 11 is 0. The van der Waals surface area contributed by atoms with Gasteiger partial charge in [0.1, 0.15) is 5.70 Å². The summed E-state index contributed by atoms with van der Waals surface area (Å²) in [6, 6.07) is 0. The fraction of sp³-hybridized carbons (Fsp3) is 0.714. The van der Waals surface area contributed by atoms with Crippen LogP contribution in [0.3, 0.4) is 0 Å². The van der Waals surface area contributed by atoms with Crippen LogP contribution >= 0.6 is 0 Å². The van der Waals surface area contributed by atoms with Gasteiger partial charge in [-0.1, -0.05) is 0 Å². The van der Waals surface area contributed by atoms with E-state index in [1.165, 1.54) is 0 Å². The molecule has 0 aromatic carbocycles. The van der Waals surface area contributed by atoms with E-state index in [2.05, 4.69) is 15.8 Å². The molecule has 65 valence electrons. The topological polar surface area (TPSA) is 57.3 Å². The first-order chi connectivity index (χ1) is 5.95. The molecular formula is C7H10N3O2. The molecule has 0 aromatic heterocycles. The van der Waals surface area contributed by atoms with Crippen molar-refractivity contribution >= 4 is 0 Å². The quantitative estimate of drug-likeness (QED) is 0.620. The predicted molar refractivity (Wildman–Crippen MR) is 40.2 cm³/mol. The number of hydrogen-bond acceptors (Lipinski definition) is 4. The van der Waals surface area contributed by atoms with E-state index < -0.39 is 0 Å². The molecule has 0 aliphatic carbocycles. The molecule has 2 heterocycles. The first-order valence-corrected chi connectivity index (χ1v) is 3.94. The second-order valence-corrected chi connectivity index (χ2v) is 2.72. The molecule has 1 radical (unpaired) electrons. The van der Waals surface area contributed by atoms with Gasteiger partial charge in [-0.3, -0.25) is 0 Å². The van der Waals surface area contributed by atoms with Crippen molar-refractivity contribution in [2.75, 3.05) is 19.8 Å². The smallest absolute Gasteiger partial charge is 0.111 e. The highest BCUT2D eigenvalue weighted by Gasteiger charge is 2.16. The van der Waals surface area contributed by atoms with Crippen LogP contribution in [-0.4, -0.2) is 25.9 Å². The molecule has 0 bridgehead atoms. The van der Waals surface area contributed by atoms with E-state index in [9.17, 15) is 0 Å². The summed E-state index contributed by atoms with van der Waals surface area (Å²) in [7, 11) is 0. The molecule has 2 aliphatic rings. The SMILES string of the molecule is C1=C(COC2CCOC2)N=N[N]1. The summed E-state index contributed by atoms with van der Waals surface area (Å²) in [6.07, 6.45) is 2.80. The number of hydrogen-bond donors (Lipinski definition) is 0. The van der Waals surface area contributed by atoms with Gasteiger partial charge < -0.3 is 9.47 Å². The molecule has 1 saturated heterocycles. The van der Waals surface area contributed by atoms with Crippen molar-refractivity contribution in [2.45, 2.75) is 12.5 Å². The van der Waals surface area contributed by atoms with E-state index in [1.54, 1.807) is 6.20 Å². The van der Waals surface area contributed by atoms with Gasteiger partial charge in [0.25, 0.3) is 0 Å². The summed E-state index contributed by atoms with van der Waals surface area (Å²) in [5, 5.41) is 7.21. The minimum atomic E-state index is 0.224. The highest BCUT2D eigenvalue weighted by molar-refractivity contribution is 5.00. The Kier molecular flexibility index (Phi) is 2.33. The van der Waals surface area contributed by atoms with Crippen molar-refractivity contribution in [3.8, 4) is 0 Å². The Morgan fingerprint density at radius 3 is 3.33 bits per heavy atom. The van der Waals surface area contributed by atoms with Gasteiger partial charge in [0.05, 0.1) is 25.5 Å². The Labute approximate surface area is 70.4 Å². The van der Waals surface area contributed by atoms with Gasteiger partial charge in [-0.25, -0.2) is 0 Å². The molecule has 12 heavy (non-hydrogen) atoms. The highest BCUT2D eigenvalue weighted by Crippen LogP contribution is 2.11. The molecule has 2 rings (SSSR count). The zero-order chi connectivity index (χ0) is 8.23. The standard InChI is InChI=1S/C7H10N3O2/c1-2-11-5-7(1)12-4-6-3-8-10-9-6/h3,7H,1-2,4-5H2. The number of nitrogens with zero attached hydrogens (tertiary/aromatic N) is 3. The molecule has 0 amide bonds. The summed E-state index contributed by atoms with van der Waals surface area (Å²) in [6.45, 7) is 1.98. The van der Waals surface area contributed by atoms with Crippen LogP contribution in [0.2, 0.25) is 0 Å². The average Bonchev–Trinajstić information content (AvgIpc) is 2.74. The molecular weight excluding hydrogens is 158 g/mol. The molecule has 1 atom stereocenters. The fourth-order valence-electron chi connectivity index (χ4n) is 1.12. The molecule has 5 heteroatoms. The zero-order valence-corrected chi connectivity index (χ0v) is 6.64. The fourth-order valence-corrected chi connectivity index (χ4v) is 1.12. The summed E-state index contributed by atoms with van der Waals surface area (Å²) in [4.78, 5) is 0. The summed E-state index contributed by atoms with van der Waals surface area (Å²) < 4.78 is 10.6. The third-order valence-electron chi connectivity index (χ3n) is 1.79. The molecule has 1 unspecified atom stereocenters. The third-order valence-corrected chi connectivity index (χ3v) is 1.79. The molecule has 0 aromatic rings. The first-order valence-electron chi connectivity index (χ1n) is 3.94. The van der Waals surface area contributed by atoms with Crippen molar-refractivity contribution < 1.29 is 9.47 Å². The van der Waals surface area contributed by atoms with Gasteiger partial charge in [0, 0.05) is 6.61 Å².